The van der Waals surface area contributed by atoms with Gasteiger partial charge in [0.2, 0.25) is 0 Å². The molecule has 0 bridgehead atoms. The average molecular weight is 375 g/mol. The summed E-state index contributed by atoms with van der Waals surface area (Å²) in [5.41, 5.74) is 10.4. The van der Waals surface area contributed by atoms with Gasteiger partial charge in [0.15, 0.2) is 0 Å². The van der Waals surface area contributed by atoms with E-state index >= 15 is 0 Å². The van der Waals surface area contributed by atoms with E-state index in [1.54, 1.807) is 4.57 Å². The van der Waals surface area contributed by atoms with Crippen LogP contribution in [0.15, 0.2) is 53.3 Å². The fourth-order valence-corrected chi connectivity index (χ4v) is 3.43. The number of fused-ring (bicyclic) bond motifs is 3. The molecule has 2 heterocycles. The zero-order valence-electron chi connectivity index (χ0n) is 16.4. The van der Waals surface area contributed by atoms with E-state index < -0.39 is 0 Å². The van der Waals surface area contributed by atoms with E-state index in [1.807, 2.05) is 36.4 Å². The molecule has 0 radical (unpaired) electrons. The molecule has 4 rings (SSSR count). The second kappa shape index (κ2) is 6.80. The van der Waals surface area contributed by atoms with Crippen LogP contribution in [0.2, 0.25) is 0 Å². The highest BCUT2D eigenvalue weighted by Gasteiger charge is 2.15. The number of nitrogens with zero attached hydrogens (tertiary/aromatic N) is 2. The molecule has 2 aromatic carbocycles. The summed E-state index contributed by atoms with van der Waals surface area (Å²) in [6.45, 7) is 7.68. The lowest BCUT2D eigenvalue weighted by molar-refractivity contribution is 0.424. The normalized spacial score (nSPS) is 12.1. The summed E-state index contributed by atoms with van der Waals surface area (Å²) in [4.78, 5) is 20.0. The average Bonchev–Trinajstić information content (AvgIpc) is 2.97. The van der Waals surface area contributed by atoms with Crippen LogP contribution in [0.4, 0.5) is 5.82 Å². The highest BCUT2D eigenvalue weighted by molar-refractivity contribution is 6.06. The topological polar surface area (TPSA) is 88.7 Å². The Labute approximate surface area is 163 Å². The number of H-pyrrole nitrogens is 1. The van der Waals surface area contributed by atoms with Crippen LogP contribution in [0, 0.1) is 0 Å². The number of nitrogen functional groups attached to an aromatic ring is 1. The number of anilines is 1. The first-order chi connectivity index (χ1) is 13.3. The van der Waals surface area contributed by atoms with Gasteiger partial charge in [-0.2, -0.15) is 0 Å². The number of benzene rings is 2. The van der Waals surface area contributed by atoms with Crippen molar-refractivity contribution in [3.63, 3.8) is 0 Å². The third-order valence-corrected chi connectivity index (χ3v) is 4.79. The van der Waals surface area contributed by atoms with E-state index in [9.17, 15) is 4.79 Å². The lowest BCUT2D eigenvalue weighted by Crippen LogP contribution is -2.35. The molecular formula is C22H25N5O. The Morgan fingerprint density at radius 2 is 1.86 bits per heavy atom. The molecule has 0 fully saturated rings. The maximum atomic E-state index is 12.7. The number of nitrogens with one attached hydrogen (secondary N) is 2. The van der Waals surface area contributed by atoms with Crippen LogP contribution in [0.5, 0.6) is 0 Å². The van der Waals surface area contributed by atoms with Crippen molar-refractivity contribution in [1.29, 1.82) is 0 Å². The molecule has 0 aliphatic carbocycles. The summed E-state index contributed by atoms with van der Waals surface area (Å²) in [5.74, 6) is 0.340. The molecule has 28 heavy (non-hydrogen) atoms. The molecule has 144 valence electrons. The van der Waals surface area contributed by atoms with Crippen molar-refractivity contribution in [2.45, 2.75) is 39.4 Å². The molecule has 6 heteroatoms. The fourth-order valence-electron chi connectivity index (χ4n) is 3.43. The maximum absolute atomic E-state index is 12.7. The van der Waals surface area contributed by atoms with Gasteiger partial charge in [-0.15, -0.1) is 0 Å². The van der Waals surface area contributed by atoms with Gasteiger partial charge in [0, 0.05) is 17.5 Å². The predicted octanol–water partition coefficient (Wildman–Crippen LogP) is 3.40. The number of aromatic amines is 1. The van der Waals surface area contributed by atoms with Gasteiger partial charge in [0.05, 0.1) is 17.6 Å². The van der Waals surface area contributed by atoms with Crippen LogP contribution < -0.4 is 16.7 Å². The summed E-state index contributed by atoms with van der Waals surface area (Å²) in [5, 5.41) is 4.41. The van der Waals surface area contributed by atoms with Crippen LogP contribution in [-0.2, 0) is 13.1 Å². The third-order valence-electron chi connectivity index (χ3n) is 4.79. The Morgan fingerprint density at radius 1 is 1.11 bits per heavy atom. The molecule has 0 saturated heterocycles. The van der Waals surface area contributed by atoms with Gasteiger partial charge in [-0.25, -0.2) is 9.78 Å². The zero-order chi connectivity index (χ0) is 19.9. The number of nitrogens with two attached hydrogens (primary N) is 1. The predicted molar refractivity (Wildman–Crippen MR) is 114 cm³/mol. The number of para-hydroxylation sites is 1. The summed E-state index contributed by atoms with van der Waals surface area (Å²) < 4.78 is 1.74. The van der Waals surface area contributed by atoms with Crippen molar-refractivity contribution in [3.8, 4) is 0 Å². The van der Waals surface area contributed by atoms with Gasteiger partial charge in [-0.3, -0.25) is 4.57 Å². The van der Waals surface area contributed by atoms with E-state index in [0.29, 0.717) is 17.9 Å². The molecule has 2 aromatic heterocycles. The molecule has 0 unspecified atom stereocenters. The largest absolute Gasteiger partial charge is 0.382 e. The van der Waals surface area contributed by atoms with E-state index in [2.05, 4.69) is 48.2 Å². The quantitative estimate of drug-likeness (QED) is 0.510. The highest BCUT2D eigenvalue weighted by Crippen LogP contribution is 2.26. The van der Waals surface area contributed by atoms with Gasteiger partial charge in [-0.1, -0.05) is 42.5 Å². The SMILES string of the molecule is CC(C)(C)NCc1cccc(Cn2c(=O)[nH]c3c(N)nc4ccccc4c32)c1. The first-order valence-electron chi connectivity index (χ1n) is 9.41. The summed E-state index contributed by atoms with van der Waals surface area (Å²) in [6.07, 6.45) is 0. The minimum absolute atomic E-state index is 0.0488. The smallest absolute Gasteiger partial charge is 0.326 e. The van der Waals surface area contributed by atoms with Crippen LogP contribution in [0.1, 0.15) is 31.9 Å². The minimum atomic E-state index is -0.182. The van der Waals surface area contributed by atoms with Gasteiger partial charge in [0.1, 0.15) is 11.3 Å². The first kappa shape index (κ1) is 18.3. The van der Waals surface area contributed by atoms with Gasteiger partial charge >= 0.3 is 5.69 Å². The third kappa shape index (κ3) is 3.51. The van der Waals surface area contributed by atoms with Crippen LogP contribution in [-0.4, -0.2) is 20.1 Å². The van der Waals surface area contributed by atoms with E-state index in [0.717, 1.165) is 28.5 Å². The van der Waals surface area contributed by atoms with E-state index in [4.69, 9.17) is 5.73 Å². The lowest BCUT2D eigenvalue weighted by atomic mass is 10.1. The molecule has 0 spiro atoms. The van der Waals surface area contributed by atoms with Gasteiger partial charge < -0.3 is 16.0 Å². The minimum Gasteiger partial charge on any atom is -0.382 e. The molecule has 0 amide bonds. The molecule has 6 nitrogen and oxygen atoms in total. The van der Waals surface area contributed by atoms with Gasteiger partial charge in [-0.05, 0) is 38.0 Å². The zero-order valence-corrected chi connectivity index (χ0v) is 16.4. The number of rotatable bonds is 4. The molecule has 4 N–H and O–H groups in total. The van der Waals surface area contributed by atoms with Crippen molar-refractivity contribution in [1.82, 2.24) is 19.9 Å². The van der Waals surface area contributed by atoms with E-state index in [1.165, 1.54) is 5.56 Å². The Bertz CT molecular complexity index is 1210. The molecule has 0 aliphatic heterocycles. The summed E-state index contributed by atoms with van der Waals surface area (Å²) >= 11 is 0. The summed E-state index contributed by atoms with van der Waals surface area (Å²) in [7, 11) is 0. The summed E-state index contributed by atoms with van der Waals surface area (Å²) in [6, 6.07) is 16.0. The first-order valence-corrected chi connectivity index (χ1v) is 9.41. The number of pyridine rings is 1. The molecule has 0 atom stereocenters. The molecule has 0 saturated carbocycles. The van der Waals surface area contributed by atoms with Crippen molar-refractivity contribution < 1.29 is 0 Å². The Hall–Kier alpha value is -3.12. The molecular weight excluding hydrogens is 350 g/mol. The number of aromatic nitrogens is 3. The second-order valence-electron chi connectivity index (χ2n) is 8.18. The van der Waals surface area contributed by atoms with Gasteiger partial charge in [0.25, 0.3) is 0 Å². The highest BCUT2D eigenvalue weighted by atomic mass is 16.1. The fraction of sp³-hybridized carbons (Fsp3) is 0.273. The van der Waals surface area contributed by atoms with Crippen LogP contribution in [0.3, 0.4) is 0 Å². The van der Waals surface area contributed by atoms with Crippen LogP contribution >= 0.6 is 0 Å². The van der Waals surface area contributed by atoms with Crippen molar-refractivity contribution >= 4 is 27.8 Å². The Morgan fingerprint density at radius 3 is 2.64 bits per heavy atom. The van der Waals surface area contributed by atoms with E-state index in [-0.39, 0.29) is 11.2 Å². The molecule has 0 aliphatic rings. The van der Waals surface area contributed by atoms with Crippen molar-refractivity contribution in [3.05, 3.63) is 70.1 Å². The maximum Gasteiger partial charge on any atom is 0.326 e. The molecule has 4 aromatic rings. The monoisotopic (exact) mass is 375 g/mol. The number of imidazole rings is 1. The number of hydrogen-bond donors (Lipinski definition) is 3. The standard InChI is InChI=1S/C22H25N5O/c1-22(2,3)24-12-14-7-6-8-15(11-14)13-27-19-16-9-4-5-10-17(16)25-20(23)18(19)26-21(27)28/h4-11,24H,12-13H2,1-3H3,(H2,23,25)(H,26,28). The second-order valence-corrected chi connectivity index (χ2v) is 8.18. The Balaban J connectivity index is 1.77. The van der Waals surface area contributed by atoms with Crippen molar-refractivity contribution in [2.75, 3.05) is 5.73 Å². The number of hydrogen-bond acceptors (Lipinski definition) is 4. The lowest BCUT2D eigenvalue weighted by Gasteiger charge is -2.20. The Kier molecular flexibility index (Phi) is 4.43. The van der Waals surface area contributed by atoms with Crippen LogP contribution in [0.25, 0.3) is 21.9 Å². The van der Waals surface area contributed by atoms with Crippen molar-refractivity contribution in [2.24, 2.45) is 0 Å².